The number of sulfone groups is 1. The summed E-state index contributed by atoms with van der Waals surface area (Å²) in [6.45, 7) is 3.29. The summed E-state index contributed by atoms with van der Waals surface area (Å²) in [7, 11) is 0.534. The lowest BCUT2D eigenvalue weighted by molar-refractivity contribution is 0.102. The number of hydrogen-bond donors (Lipinski definition) is 1. The molecule has 0 saturated heterocycles. The molecule has 0 unspecified atom stereocenters. The number of rotatable bonds is 7. The van der Waals surface area contributed by atoms with E-state index in [-0.39, 0.29) is 16.8 Å². The Bertz CT molecular complexity index is 1120. The van der Waals surface area contributed by atoms with Crippen molar-refractivity contribution in [3.8, 4) is 0 Å². The van der Waals surface area contributed by atoms with E-state index in [4.69, 9.17) is 4.42 Å². The second-order valence-electron chi connectivity index (χ2n) is 7.31. The highest BCUT2D eigenvalue weighted by molar-refractivity contribution is 7.92. The van der Waals surface area contributed by atoms with Crippen LogP contribution in [0.15, 0.2) is 57.8 Å². The zero-order valence-corrected chi connectivity index (χ0v) is 18.1. The molecule has 0 fully saturated rings. The molecule has 30 heavy (non-hydrogen) atoms. The normalized spacial score (nSPS) is 11.5. The lowest BCUT2D eigenvalue weighted by Gasteiger charge is -2.12. The first-order chi connectivity index (χ1) is 14.2. The number of benzene rings is 2. The van der Waals surface area contributed by atoms with Crippen molar-refractivity contribution >= 4 is 27.4 Å². The molecule has 9 heteroatoms. The van der Waals surface area contributed by atoms with Crippen LogP contribution in [0, 0.1) is 0 Å². The zero-order chi connectivity index (χ0) is 21.9. The van der Waals surface area contributed by atoms with Crippen molar-refractivity contribution < 1.29 is 17.6 Å². The van der Waals surface area contributed by atoms with Gasteiger partial charge in [0.05, 0.1) is 16.6 Å². The Morgan fingerprint density at radius 2 is 1.67 bits per heavy atom. The van der Waals surface area contributed by atoms with Gasteiger partial charge in [-0.25, -0.2) is 8.42 Å². The third kappa shape index (κ3) is 4.85. The fourth-order valence-corrected chi connectivity index (χ4v) is 3.76. The van der Waals surface area contributed by atoms with E-state index < -0.39 is 15.1 Å². The Morgan fingerprint density at radius 1 is 1.03 bits per heavy atom. The standard InChI is InChI=1S/C21H24N4O4S/c1-14(2)30(27,28)18-11-5-15(6-12-18)13-19-23-24-21(29-19)22-20(26)16-7-9-17(10-8-16)25(3)4/h5-12,14H,13H2,1-4H3,(H,22,24,26). The van der Waals surface area contributed by atoms with Crippen molar-refractivity contribution in [2.45, 2.75) is 30.4 Å². The highest BCUT2D eigenvalue weighted by Gasteiger charge is 2.19. The van der Waals surface area contributed by atoms with Gasteiger partial charge in [-0.05, 0) is 55.8 Å². The van der Waals surface area contributed by atoms with Crippen LogP contribution in [-0.2, 0) is 16.3 Å². The third-order valence-corrected chi connectivity index (χ3v) is 6.73. The highest BCUT2D eigenvalue weighted by atomic mass is 32.2. The maximum absolute atomic E-state index is 12.3. The predicted molar refractivity (Wildman–Crippen MR) is 115 cm³/mol. The minimum absolute atomic E-state index is 0.00527. The summed E-state index contributed by atoms with van der Waals surface area (Å²) in [6.07, 6.45) is 0.322. The summed E-state index contributed by atoms with van der Waals surface area (Å²) in [5, 5.41) is 9.89. The van der Waals surface area contributed by atoms with Crippen molar-refractivity contribution in [1.29, 1.82) is 0 Å². The van der Waals surface area contributed by atoms with Gasteiger partial charge in [-0.1, -0.05) is 17.2 Å². The van der Waals surface area contributed by atoms with Crippen LogP contribution in [0.25, 0.3) is 0 Å². The van der Waals surface area contributed by atoms with Crippen LogP contribution in [-0.4, -0.2) is 43.9 Å². The van der Waals surface area contributed by atoms with Crippen LogP contribution in [0.5, 0.6) is 0 Å². The van der Waals surface area contributed by atoms with Gasteiger partial charge >= 0.3 is 6.01 Å². The number of nitrogens with zero attached hydrogens (tertiary/aromatic N) is 3. The average molecular weight is 429 g/mol. The number of carbonyl (C=O) groups is 1. The summed E-state index contributed by atoms with van der Waals surface area (Å²) in [5.74, 6) is -0.0357. The Labute approximate surface area is 175 Å². The number of nitrogens with one attached hydrogen (secondary N) is 1. The molecule has 3 rings (SSSR count). The van der Waals surface area contributed by atoms with E-state index in [1.165, 1.54) is 0 Å². The molecule has 0 aliphatic heterocycles. The van der Waals surface area contributed by atoms with Crippen molar-refractivity contribution in [3.05, 3.63) is 65.5 Å². The summed E-state index contributed by atoms with van der Waals surface area (Å²) >= 11 is 0. The summed E-state index contributed by atoms with van der Waals surface area (Å²) in [4.78, 5) is 14.6. The van der Waals surface area contributed by atoms with Gasteiger partial charge in [0.2, 0.25) is 5.89 Å². The van der Waals surface area contributed by atoms with Crippen LogP contribution in [0.1, 0.15) is 35.7 Å². The smallest absolute Gasteiger partial charge is 0.322 e. The fourth-order valence-electron chi connectivity index (χ4n) is 2.70. The van der Waals surface area contributed by atoms with Crippen molar-refractivity contribution in [2.75, 3.05) is 24.3 Å². The molecule has 8 nitrogen and oxygen atoms in total. The van der Waals surface area contributed by atoms with Gasteiger partial charge in [0.15, 0.2) is 9.84 Å². The van der Waals surface area contributed by atoms with Crippen LogP contribution in [0.2, 0.25) is 0 Å². The van der Waals surface area contributed by atoms with Gasteiger partial charge in [0.1, 0.15) is 0 Å². The van der Waals surface area contributed by atoms with E-state index in [2.05, 4.69) is 15.5 Å². The first-order valence-corrected chi connectivity index (χ1v) is 11.0. The topological polar surface area (TPSA) is 105 Å². The number of anilines is 2. The minimum Gasteiger partial charge on any atom is -0.407 e. The molecule has 0 aliphatic rings. The predicted octanol–water partition coefficient (Wildman–Crippen LogP) is 3.16. The fraction of sp³-hybridized carbons (Fsp3) is 0.286. The van der Waals surface area contributed by atoms with Gasteiger partial charge in [-0.15, -0.1) is 5.10 Å². The second-order valence-corrected chi connectivity index (χ2v) is 9.82. The minimum atomic E-state index is -3.31. The van der Waals surface area contributed by atoms with E-state index in [0.29, 0.717) is 17.9 Å². The maximum atomic E-state index is 12.3. The largest absolute Gasteiger partial charge is 0.407 e. The molecule has 158 valence electrons. The molecule has 3 aromatic rings. The van der Waals surface area contributed by atoms with Crippen molar-refractivity contribution in [3.63, 3.8) is 0 Å². The average Bonchev–Trinajstić information content (AvgIpc) is 3.15. The summed E-state index contributed by atoms with van der Waals surface area (Å²) < 4.78 is 29.9. The Hall–Kier alpha value is -3.20. The lowest BCUT2D eigenvalue weighted by atomic mass is 10.1. The highest BCUT2D eigenvalue weighted by Crippen LogP contribution is 2.19. The second kappa shape index (κ2) is 8.66. The van der Waals surface area contributed by atoms with E-state index in [1.54, 1.807) is 50.2 Å². The third-order valence-electron chi connectivity index (χ3n) is 4.56. The van der Waals surface area contributed by atoms with Crippen LogP contribution >= 0.6 is 0 Å². The van der Waals surface area contributed by atoms with E-state index in [9.17, 15) is 13.2 Å². The molecule has 1 amide bonds. The Balaban J connectivity index is 1.64. The number of aromatic nitrogens is 2. The van der Waals surface area contributed by atoms with Gasteiger partial charge in [-0.2, -0.15) is 0 Å². The molecule has 0 spiro atoms. The molecular weight excluding hydrogens is 404 g/mol. The first-order valence-electron chi connectivity index (χ1n) is 9.41. The Kier molecular flexibility index (Phi) is 6.21. The number of amides is 1. The van der Waals surface area contributed by atoms with Crippen molar-refractivity contribution in [2.24, 2.45) is 0 Å². The molecule has 1 aromatic heterocycles. The monoisotopic (exact) mass is 428 g/mol. The van der Waals surface area contributed by atoms with E-state index in [1.807, 2.05) is 31.1 Å². The molecule has 0 radical (unpaired) electrons. The van der Waals surface area contributed by atoms with Gasteiger partial charge in [-0.3, -0.25) is 10.1 Å². The molecular formula is C21H24N4O4S. The summed E-state index contributed by atoms with van der Waals surface area (Å²) in [5.41, 5.74) is 2.28. The first kappa shape index (κ1) is 21.5. The quantitative estimate of drug-likeness (QED) is 0.616. The number of hydrogen-bond acceptors (Lipinski definition) is 7. The van der Waals surface area contributed by atoms with Gasteiger partial charge in [0.25, 0.3) is 5.91 Å². The van der Waals surface area contributed by atoms with Gasteiger partial charge in [0, 0.05) is 25.3 Å². The molecule has 0 aliphatic carbocycles. The van der Waals surface area contributed by atoms with Crippen LogP contribution in [0.3, 0.4) is 0 Å². The van der Waals surface area contributed by atoms with E-state index in [0.717, 1.165) is 11.3 Å². The zero-order valence-electron chi connectivity index (χ0n) is 17.3. The lowest BCUT2D eigenvalue weighted by Crippen LogP contribution is -2.13. The van der Waals surface area contributed by atoms with E-state index >= 15 is 0 Å². The molecule has 1 heterocycles. The molecule has 0 atom stereocenters. The van der Waals surface area contributed by atoms with Crippen molar-refractivity contribution in [1.82, 2.24) is 10.2 Å². The SMILES string of the molecule is CC(C)S(=O)(=O)c1ccc(Cc2nnc(NC(=O)c3ccc(N(C)C)cc3)o2)cc1. The molecule has 0 bridgehead atoms. The molecule has 2 aromatic carbocycles. The van der Waals surface area contributed by atoms with Crippen LogP contribution in [0.4, 0.5) is 11.7 Å². The molecule has 0 saturated carbocycles. The summed E-state index contributed by atoms with van der Waals surface area (Å²) in [6, 6.07) is 13.7. The van der Waals surface area contributed by atoms with Crippen LogP contribution < -0.4 is 10.2 Å². The maximum Gasteiger partial charge on any atom is 0.322 e. The number of carbonyl (C=O) groups excluding carboxylic acids is 1. The van der Waals surface area contributed by atoms with Gasteiger partial charge < -0.3 is 9.32 Å². The Morgan fingerprint density at radius 3 is 2.23 bits per heavy atom. The molecule has 1 N–H and O–H groups in total.